The first-order chi connectivity index (χ1) is 13.1. The van der Waals surface area contributed by atoms with Crippen LogP contribution in [0.1, 0.15) is 51.4 Å². The van der Waals surface area contributed by atoms with E-state index in [1.165, 1.54) is 30.5 Å². The van der Waals surface area contributed by atoms with Crippen LogP contribution < -0.4 is 5.32 Å². The number of allylic oxidation sites excluding steroid dienone is 1. The first-order valence-electron chi connectivity index (χ1n) is 10.1. The van der Waals surface area contributed by atoms with E-state index in [1.807, 2.05) is 4.90 Å². The van der Waals surface area contributed by atoms with Gasteiger partial charge in [-0.25, -0.2) is 4.39 Å². The predicted molar refractivity (Wildman–Crippen MR) is 103 cm³/mol. The number of piperidine rings is 1. The summed E-state index contributed by atoms with van der Waals surface area (Å²) in [5, 5.41) is 2.84. The van der Waals surface area contributed by atoms with Gasteiger partial charge in [-0.05, 0) is 68.6 Å². The van der Waals surface area contributed by atoms with Crippen LogP contribution in [0.25, 0.3) is 0 Å². The van der Waals surface area contributed by atoms with Crippen LogP contribution in [0.5, 0.6) is 0 Å². The van der Waals surface area contributed by atoms with Crippen LogP contribution in [0.4, 0.5) is 10.1 Å². The summed E-state index contributed by atoms with van der Waals surface area (Å²) in [5.41, 5.74) is 1.85. The molecule has 2 aliphatic carbocycles. The third-order valence-corrected chi connectivity index (χ3v) is 6.47. The summed E-state index contributed by atoms with van der Waals surface area (Å²) in [6, 6.07) is 6.01. The van der Waals surface area contributed by atoms with Crippen molar-refractivity contribution in [3.63, 3.8) is 0 Å². The highest BCUT2D eigenvalue weighted by Crippen LogP contribution is 2.59. The summed E-state index contributed by atoms with van der Waals surface area (Å²) in [6.45, 7) is 1.49. The molecule has 4 rings (SSSR count). The molecular weight excluding hydrogens is 343 g/mol. The van der Waals surface area contributed by atoms with Crippen molar-refractivity contribution in [3.8, 4) is 0 Å². The molecule has 1 aromatic rings. The van der Waals surface area contributed by atoms with Crippen molar-refractivity contribution in [3.05, 3.63) is 41.7 Å². The van der Waals surface area contributed by atoms with Gasteiger partial charge >= 0.3 is 0 Å². The zero-order valence-electron chi connectivity index (χ0n) is 15.7. The number of carbonyl (C=O) groups excluding carboxylic acids is 2. The Morgan fingerprint density at radius 1 is 1.22 bits per heavy atom. The van der Waals surface area contributed by atoms with E-state index < -0.39 is 0 Å². The first kappa shape index (κ1) is 18.2. The van der Waals surface area contributed by atoms with Crippen molar-refractivity contribution in [2.45, 2.75) is 51.4 Å². The zero-order chi connectivity index (χ0) is 18.9. The van der Waals surface area contributed by atoms with E-state index in [1.54, 1.807) is 12.1 Å². The number of nitrogens with zero attached hydrogens (tertiary/aromatic N) is 1. The minimum Gasteiger partial charge on any atom is -0.342 e. The lowest BCUT2D eigenvalue weighted by Crippen LogP contribution is -2.40. The molecule has 27 heavy (non-hydrogen) atoms. The highest BCUT2D eigenvalue weighted by molar-refractivity contribution is 5.95. The quantitative estimate of drug-likeness (QED) is 0.804. The van der Waals surface area contributed by atoms with Gasteiger partial charge in [0.25, 0.3) is 0 Å². The molecule has 0 radical (unpaired) electrons. The number of anilines is 1. The Morgan fingerprint density at radius 2 is 2.04 bits per heavy atom. The van der Waals surface area contributed by atoms with Crippen LogP contribution in [0.2, 0.25) is 0 Å². The number of nitrogens with one attached hydrogen (secondary N) is 1. The molecule has 144 valence electrons. The Kier molecular flexibility index (Phi) is 5.02. The molecule has 0 aromatic heterocycles. The molecule has 2 amide bonds. The lowest BCUT2D eigenvalue weighted by molar-refractivity contribution is -0.132. The zero-order valence-corrected chi connectivity index (χ0v) is 15.7. The standard InChI is InChI=1S/C22H27FN2O2/c23-17-7-4-8-18(14-17)24-21(27)19-15-22(19)9-11-25(12-10-22)20(26)13-16-5-2-1-3-6-16/h4-5,7-8,14,19H,1-3,6,9-13,15H2,(H,24,27). The topological polar surface area (TPSA) is 49.4 Å². The fourth-order valence-electron chi connectivity index (χ4n) is 4.64. The molecule has 1 saturated carbocycles. The summed E-state index contributed by atoms with van der Waals surface area (Å²) >= 11 is 0. The molecule has 5 heteroatoms. The average Bonchev–Trinajstić information content (AvgIpc) is 3.36. The third-order valence-electron chi connectivity index (χ3n) is 6.47. The summed E-state index contributed by atoms with van der Waals surface area (Å²) < 4.78 is 13.3. The summed E-state index contributed by atoms with van der Waals surface area (Å²) in [4.78, 5) is 27.0. The Bertz CT molecular complexity index is 765. The number of carbonyl (C=O) groups is 2. The molecule has 1 aliphatic heterocycles. The smallest absolute Gasteiger partial charge is 0.228 e. The van der Waals surface area contributed by atoms with Gasteiger partial charge in [-0.15, -0.1) is 0 Å². The molecule has 3 aliphatic rings. The minimum absolute atomic E-state index is 0.0147. The molecule has 1 spiro atoms. The SMILES string of the molecule is O=C(Nc1cccc(F)c1)C1CC12CCN(C(=O)CC1=CCCCC1)CC2. The van der Waals surface area contributed by atoms with E-state index in [4.69, 9.17) is 0 Å². The van der Waals surface area contributed by atoms with Gasteiger partial charge in [0.1, 0.15) is 5.82 Å². The monoisotopic (exact) mass is 370 g/mol. The van der Waals surface area contributed by atoms with E-state index in [-0.39, 0.29) is 29.0 Å². The second-order valence-electron chi connectivity index (χ2n) is 8.28. The van der Waals surface area contributed by atoms with Gasteiger partial charge in [0.05, 0.1) is 0 Å². The maximum Gasteiger partial charge on any atom is 0.228 e. The largest absolute Gasteiger partial charge is 0.342 e. The Morgan fingerprint density at radius 3 is 2.74 bits per heavy atom. The van der Waals surface area contributed by atoms with Gasteiger partial charge in [0, 0.05) is 31.1 Å². The van der Waals surface area contributed by atoms with E-state index in [9.17, 15) is 14.0 Å². The first-order valence-corrected chi connectivity index (χ1v) is 10.1. The summed E-state index contributed by atoms with van der Waals surface area (Å²) in [7, 11) is 0. The average molecular weight is 370 g/mol. The highest BCUT2D eigenvalue weighted by atomic mass is 19.1. The molecular formula is C22H27FN2O2. The predicted octanol–water partition coefficient (Wildman–Crippen LogP) is 4.28. The number of benzene rings is 1. The molecule has 0 bridgehead atoms. The van der Waals surface area contributed by atoms with Crippen molar-refractivity contribution in [2.75, 3.05) is 18.4 Å². The highest BCUT2D eigenvalue weighted by Gasteiger charge is 2.58. The van der Waals surface area contributed by atoms with Gasteiger partial charge < -0.3 is 10.2 Å². The van der Waals surface area contributed by atoms with E-state index in [0.717, 1.165) is 45.2 Å². The Balaban J connectivity index is 1.27. The number of amides is 2. The van der Waals surface area contributed by atoms with Gasteiger partial charge in [-0.2, -0.15) is 0 Å². The summed E-state index contributed by atoms with van der Waals surface area (Å²) in [5.74, 6) is -0.149. The fourth-order valence-corrected chi connectivity index (χ4v) is 4.64. The van der Waals surface area contributed by atoms with Crippen molar-refractivity contribution >= 4 is 17.5 Å². The molecule has 1 N–H and O–H groups in total. The van der Waals surface area contributed by atoms with Crippen LogP contribution in [-0.2, 0) is 9.59 Å². The van der Waals surface area contributed by atoms with Crippen LogP contribution in [0.3, 0.4) is 0 Å². The number of halogens is 1. The molecule has 4 nitrogen and oxygen atoms in total. The van der Waals surface area contributed by atoms with Crippen molar-refractivity contribution in [2.24, 2.45) is 11.3 Å². The fraction of sp³-hybridized carbons (Fsp3) is 0.545. The number of hydrogen-bond acceptors (Lipinski definition) is 2. The lowest BCUT2D eigenvalue weighted by atomic mass is 9.90. The Labute approximate surface area is 159 Å². The number of rotatable bonds is 4. The van der Waals surface area contributed by atoms with Gasteiger partial charge in [-0.3, -0.25) is 9.59 Å². The molecule has 1 atom stereocenters. The molecule has 2 fully saturated rings. The van der Waals surface area contributed by atoms with E-state index >= 15 is 0 Å². The minimum atomic E-state index is -0.349. The molecule has 1 saturated heterocycles. The normalized spacial score (nSPS) is 23.7. The maximum atomic E-state index is 13.3. The van der Waals surface area contributed by atoms with E-state index in [0.29, 0.717) is 12.1 Å². The van der Waals surface area contributed by atoms with Crippen LogP contribution in [0.15, 0.2) is 35.9 Å². The Hall–Kier alpha value is -2.17. The summed E-state index contributed by atoms with van der Waals surface area (Å²) in [6.07, 6.45) is 10.1. The van der Waals surface area contributed by atoms with Gasteiger partial charge in [0.15, 0.2) is 0 Å². The second-order valence-corrected chi connectivity index (χ2v) is 8.28. The van der Waals surface area contributed by atoms with Crippen LogP contribution >= 0.6 is 0 Å². The van der Waals surface area contributed by atoms with Crippen LogP contribution in [-0.4, -0.2) is 29.8 Å². The molecule has 1 unspecified atom stereocenters. The maximum absolute atomic E-state index is 13.3. The van der Waals surface area contributed by atoms with Gasteiger partial charge in [-0.1, -0.05) is 17.7 Å². The van der Waals surface area contributed by atoms with Gasteiger partial charge in [0.2, 0.25) is 11.8 Å². The van der Waals surface area contributed by atoms with Crippen molar-refractivity contribution < 1.29 is 14.0 Å². The lowest BCUT2D eigenvalue weighted by Gasteiger charge is -2.33. The second kappa shape index (κ2) is 7.45. The molecule has 1 heterocycles. The number of likely N-dealkylation sites (tertiary alicyclic amines) is 1. The third kappa shape index (κ3) is 4.07. The van der Waals surface area contributed by atoms with Crippen molar-refractivity contribution in [1.29, 1.82) is 0 Å². The molecule has 1 aromatic carbocycles. The van der Waals surface area contributed by atoms with Crippen LogP contribution in [0, 0.1) is 17.2 Å². The number of hydrogen-bond donors (Lipinski definition) is 1. The van der Waals surface area contributed by atoms with Crippen molar-refractivity contribution in [1.82, 2.24) is 4.90 Å². The van der Waals surface area contributed by atoms with E-state index in [2.05, 4.69) is 11.4 Å².